The molecule has 0 aliphatic carbocycles. The van der Waals surface area contributed by atoms with E-state index in [2.05, 4.69) is 209 Å². The molecular formula is C47H51N4S2+. The van der Waals surface area contributed by atoms with Crippen LogP contribution in [-0.2, 0) is 26.2 Å². The third-order valence-electron chi connectivity index (χ3n) is 9.28. The Balaban J connectivity index is 1.03. The average Bonchev–Trinajstić information content (AvgIpc) is 3.69. The molecule has 0 fully saturated rings. The Morgan fingerprint density at radius 1 is 0.528 bits per heavy atom. The minimum Gasteiger partial charge on any atom is -0.366 e. The van der Waals surface area contributed by atoms with E-state index < -0.39 is 0 Å². The molecule has 0 radical (unpaired) electrons. The molecule has 6 rings (SSSR count). The van der Waals surface area contributed by atoms with Crippen LogP contribution in [0.15, 0.2) is 152 Å². The fourth-order valence-corrected chi connectivity index (χ4v) is 8.12. The van der Waals surface area contributed by atoms with Gasteiger partial charge in [0.1, 0.15) is 6.54 Å². The smallest absolute Gasteiger partial charge is 0.169 e. The lowest BCUT2D eigenvalue weighted by atomic mass is 10.1. The van der Waals surface area contributed by atoms with E-state index in [-0.39, 0.29) is 0 Å². The summed E-state index contributed by atoms with van der Waals surface area (Å²) in [7, 11) is 3.95. The van der Waals surface area contributed by atoms with E-state index in [1.807, 2.05) is 21.6 Å². The molecule has 0 saturated heterocycles. The Morgan fingerprint density at radius 2 is 0.981 bits per heavy atom. The van der Waals surface area contributed by atoms with Crippen LogP contribution < -0.4 is 14.4 Å². The predicted octanol–water partition coefficient (Wildman–Crippen LogP) is 11.3. The molecule has 0 saturated carbocycles. The van der Waals surface area contributed by atoms with Gasteiger partial charge in [-0.05, 0) is 77.6 Å². The van der Waals surface area contributed by atoms with Gasteiger partial charge in [-0.25, -0.2) is 4.57 Å². The third kappa shape index (κ3) is 12.1. The van der Waals surface area contributed by atoms with Gasteiger partial charge in [0.15, 0.2) is 12.4 Å². The minimum atomic E-state index is 0.893. The Labute approximate surface area is 324 Å². The molecule has 4 nitrogen and oxygen atoms in total. The van der Waals surface area contributed by atoms with Gasteiger partial charge >= 0.3 is 0 Å². The molecule has 2 heterocycles. The van der Waals surface area contributed by atoms with E-state index in [9.17, 15) is 0 Å². The van der Waals surface area contributed by atoms with Crippen LogP contribution in [-0.4, -0.2) is 29.2 Å². The normalized spacial score (nSPS) is 11.4. The zero-order valence-corrected chi connectivity index (χ0v) is 32.6. The van der Waals surface area contributed by atoms with E-state index >= 15 is 0 Å². The number of aryl methyl sites for hydroxylation is 2. The maximum atomic E-state index is 2.51. The maximum Gasteiger partial charge on any atom is 0.169 e. The Kier molecular flexibility index (Phi) is 14.5. The highest BCUT2D eigenvalue weighted by Crippen LogP contribution is 2.26. The fraction of sp³-hybridized carbons (Fsp3) is 0.213. The molecule has 0 spiro atoms. The molecule has 6 heteroatoms. The van der Waals surface area contributed by atoms with E-state index in [4.69, 9.17) is 0 Å². The minimum absolute atomic E-state index is 0.893. The summed E-state index contributed by atoms with van der Waals surface area (Å²) >= 11 is 0. The van der Waals surface area contributed by atoms with Gasteiger partial charge in [0.2, 0.25) is 0 Å². The van der Waals surface area contributed by atoms with Crippen molar-refractivity contribution >= 4 is 57.3 Å². The molecule has 0 amide bonds. The highest BCUT2D eigenvalue weighted by Gasteiger charge is 2.11. The van der Waals surface area contributed by atoms with Crippen LogP contribution in [0.3, 0.4) is 0 Å². The number of rotatable bonds is 19. The van der Waals surface area contributed by atoms with Crippen molar-refractivity contribution in [2.24, 2.45) is 0 Å². The Hall–Kier alpha value is -4.91. The highest BCUT2D eigenvalue weighted by atomic mass is 33.1. The summed E-state index contributed by atoms with van der Waals surface area (Å²) in [6.07, 6.45) is 17.4. The summed E-state index contributed by atoms with van der Waals surface area (Å²) < 4.78 is 4.38. The molecule has 2 aromatic heterocycles. The predicted molar refractivity (Wildman–Crippen MR) is 233 cm³/mol. The van der Waals surface area contributed by atoms with Crippen LogP contribution >= 0.6 is 21.6 Å². The largest absolute Gasteiger partial charge is 0.366 e. The van der Waals surface area contributed by atoms with Crippen molar-refractivity contribution in [3.8, 4) is 0 Å². The van der Waals surface area contributed by atoms with Gasteiger partial charge in [0, 0.05) is 80.1 Å². The van der Waals surface area contributed by atoms with Crippen LogP contribution in [0, 0.1) is 0 Å². The summed E-state index contributed by atoms with van der Waals surface area (Å²) in [5.41, 5.74) is 10.0. The quantitative estimate of drug-likeness (QED) is 0.0467. The second-order valence-corrected chi connectivity index (χ2v) is 15.7. The first-order valence-corrected chi connectivity index (χ1v) is 21.2. The lowest BCUT2D eigenvalue weighted by Gasteiger charge is -2.26. The molecule has 0 atom stereocenters. The van der Waals surface area contributed by atoms with E-state index in [0.29, 0.717) is 0 Å². The van der Waals surface area contributed by atoms with Crippen molar-refractivity contribution in [2.75, 3.05) is 34.4 Å². The molecule has 0 unspecified atom stereocenters. The molecule has 0 N–H and O–H groups in total. The van der Waals surface area contributed by atoms with E-state index in [1.165, 1.54) is 44.8 Å². The Morgan fingerprint density at radius 3 is 1.42 bits per heavy atom. The summed E-state index contributed by atoms with van der Waals surface area (Å²) in [6, 6.07) is 46.1. The number of aromatic nitrogens is 2. The summed E-state index contributed by atoms with van der Waals surface area (Å²) in [6.45, 7) is 10.1. The monoisotopic (exact) mass is 735 g/mol. The van der Waals surface area contributed by atoms with Crippen molar-refractivity contribution in [3.05, 3.63) is 186 Å². The number of pyridine rings is 1. The van der Waals surface area contributed by atoms with Gasteiger partial charge in [-0.2, -0.15) is 0 Å². The zero-order valence-electron chi connectivity index (χ0n) is 31.0. The van der Waals surface area contributed by atoms with Crippen molar-refractivity contribution < 1.29 is 4.57 Å². The second-order valence-electron chi connectivity index (χ2n) is 13.0. The molecular weight excluding hydrogens is 685 g/mol. The van der Waals surface area contributed by atoms with Gasteiger partial charge in [0.05, 0.1) is 0 Å². The van der Waals surface area contributed by atoms with Gasteiger partial charge in [-0.1, -0.05) is 131 Å². The van der Waals surface area contributed by atoms with Gasteiger partial charge < -0.3 is 14.4 Å². The molecule has 6 aromatic rings. The first-order valence-electron chi connectivity index (χ1n) is 18.7. The topological polar surface area (TPSA) is 15.3 Å². The maximum absolute atomic E-state index is 2.51. The number of nitrogens with zero attached hydrogens (tertiary/aromatic N) is 4. The number of hydrogen-bond acceptors (Lipinski definition) is 4. The van der Waals surface area contributed by atoms with Crippen LogP contribution in [0.25, 0.3) is 24.3 Å². The molecule has 270 valence electrons. The van der Waals surface area contributed by atoms with Crippen LogP contribution in [0.5, 0.6) is 0 Å². The summed E-state index contributed by atoms with van der Waals surface area (Å²) in [5, 5.41) is 0. The Bertz CT molecular complexity index is 1980. The SMILES string of the molecule is CCn1ccc(/C=C/c2ccc(N(CCSSCCN(Cc3ccccc3)c3ccc(/C=C/c4cc[n+](CC)cc4)cc3)Cc3ccccc3)cc2)c1. The number of hydrogen-bond donors (Lipinski definition) is 0. The van der Waals surface area contributed by atoms with Crippen molar-refractivity contribution in [3.63, 3.8) is 0 Å². The van der Waals surface area contributed by atoms with Gasteiger partial charge in [-0.15, -0.1) is 0 Å². The van der Waals surface area contributed by atoms with Crippen LogP contribution in [0.4, 0.5) is 11.4 Å². The molecule has 0 bridgehead atoms. The van der Waals surface area contributed by atoms with Crippen molar-refractivity contribution in [1.29, 1.82) is 0 Å². The first kappa shape index (κ1) is 37.8. The standard InChI is InChI=1S/C47H51N4S2/c1-3-48-30-27-42(28-31-48)16-15-40-19-23-46(24-20-40)50(38-43-11-7-5-8-12-43)33-35-52-53-36-34-51(39-44-13-9-6-10-14-44)47-25-21-41(22-26-47)17-18-45-29-32-49(4-2)37-45/h5-32,37H,3-4,33-36,38-39H2,1-2H3/q+1/b18-17+. The van der Waals surface area contributed by atoms with Crippen molar-refractivity contribution in [1.82, 2.24) is 4.57 Å². The zero-order chi connectivity index (χ0) is 36.5. The van der Waals surface area contributed by atoms with E-state index in [0.717, 1.165) is 50.8 Å². The highest BCUT2D eigenvalue weighted by molar-refractivity contribution is 8.76. The van der Waals surface area contributed by atoms with Gasteiger partial charge in [-0.3, -0.25) is 0 Å². The number of anilines is 2. The first-order chi connectivity index (χ1) is 26.1. The number of benzene rings is 4. The average molecular weight is 736 g/mol. The van der Waals surface area contributed by atoms with Gasteiger partial charge in [0.25, 0.3) is 0 Å². The lowest BCUT2D eigenvalue weighted by molar-refractivity contribution is -0.693. The summed E-state index contributed by atoms with van der Waals surface area (Å²) in [5.74, 6) is 2.10. The lowest BCUT2D eigenvalue weighted by Crippen LogP contribution is -2.30. The second kappa shape index (κ2) is 20.4. The van der Waals surface area contributed by atoms with Crippen molar-refractivity contribution in [2.45, 2.75) is 40.0 Å². The summed E-state index contributed by atoms with van der Waals surface area (Å²) in [4.78, 5) is 5.02. The molecule has 0 aliphatic heterocycles. The molecule has 4 aromatic carbocycles. The van der Waals surface area contributed by atoms with Crippen LogP contribution in [0.1, 0.15) is 47.2 Å². The fourth-order valence-electron chi connectivity index (χ4n) is 6.14. The van der Waals surface area contributed by atoms with E-state index in [1.54, 1.807) is 0 Å². The van der Waals surface area contributed by atoms with Crippen LogP contribution in [0.2, 0.25) is 0 Å². The molecule has 0 aliphatic rings. The third-order valence-corrected chi connectivity index (χ3v) is 11.6. The molecule has 53 heavy (non-hydrogen) atoms.